The summed E-state index contributed by atoms with van der Waals surface area (Å²) in [6.45, 7) is 8.57. The number of hydrogen-bond acceptors (Lipinski definition) is 11. The van der Waals surface area contributed by atoms with Crippen LogP contribution in [0.1, 0.15) is 54.4 Å². The molecule has 0 spiro atoms. The lowest BCUT2D eigenvalue weighted by molar-refractivity contribution is -0.267. The van der Waals surface area contributed by atoms with Gasteiger partial charge in [0.2, 0.25) is 0 Å². The number of nitrogens with zero attached hydrogens (tertiary/aromatic N) is 1. The summed E-state index contributed by atoms with van der Waals surface area (Å²) >= 11 is 0. The third kappa shape index (κ3) is 6.86. The van der Waals surface area contributed by atoms with Crippen LogP contribution in [0.4, 0.5) is 0 Å². The largest absolute Gasteiger partial charge is 0.511 e. The number of esters is 3. The molecule has 0 aromatic heterocycles. The number of aliphatic hydroxyl groups is 1. The quantitative estimate of drug-likeness (QED) is 0.323. The third-order valence-electron chi connectivity index (χ3n) is 5.46. The van der Waals surface area contributed by atoms with Crippen LogP contribution in [0, 0.1) is 5.41 Å². The molecule has 0 aromatic carbocycles. The molecule has 0 aromatic rings. The lowest BCUT2D eigenvalue weighted by Gasteiger charge is -2.43. The summed E-state index contributed by atoms with van der Waals surface area (Å²) in [5, 5.41) is 10.6. The average Bonchev–Trinajstić information content (AvgIpc) is 2.67. The van der Waals surface area contributed by atoms with E-state index in [1.165, 1.54) is 27.9 Å². The minimum atomic E-state index is -1.19. The molecular weight excluding hydrogens is 450 g/mol. The molecule has 2 aliphatic rings. The standard InChI is InChI=1S/C23H33NO10/c1-11(18-15(28)8-23(5,6)9-16(18)29)24-19-21(33-14(4)27)20(32-13(3)26)17(10-31-12(2)25)34-22(19)30-7/h17,19-22,28H,8-10H2,1-7H3/t17-,19+,20-,21-,22+/m1/s1. The van der Waals surface area contributed by atoms with Gasteiger partial charge in [-0.2, -0.15) is 0 Å². The first-order valence-corrected chi connectivity index (χ1v) is 10.9. The van der Waals surface area contributed by atoms with E-state index in [9.17, 15) is 24.3 Å². The topological polar surface area (TPSA) is 147 Å². The van der Waals surface area contributed by atoms with Crippen LogP contribution in [0.25, 0.3) is 0 Å². The Morgan fingerprint density at radius 1 is 1.03 bits per heavy atom. The molecule has 0 saturated carbocycles. The first-order chi connectivity index (χ1) is 15.8. The molecule has 1 aliphatic carbocycles. The average molecular weight is 484 g/mol. The lowest BCUT2D eigenvalue weighted by Crippen LogP contribution is -2.61. The van der Waals surface area contributed by atoms with Crippen molar-refractivity contribution in [2.75, 3.05) is 13.7 Å². The van der Waals surface area contributed by atoms with Crippen molar-refractivity contribution in [1.82, 2.24) is 0 Å². The van der Waals surface area contributed by atoms with E-state index in [-0.39, 0.29) is 35.9 Å². The predicted octanol–water partition coefficient (Wildman–Crippen LogP) is 1.81. The minimum Gasteiger partial charge on any atom is -0.511 e. The highest BCUT2D eigenvalue weighted by atomic mass is 16.7. The van der Waals surface area contributed by atoms with E-state index < -0.39 is 54.0 Å². The van der Waals surface area contributed by atoms with Gasteiger partial charge in [-0.3, -0.25) is 24.2 Å². The third-order valence-corrected chi connectivity index (χ3v) is 5.46. The number of methoxy groups -OCH3 is 1. The maximum atomic E-state index is 12.8. The smallest absolute Gasteiger partial charge is 0.303 e. The number of rotatable bonds is 7. The van der Waals surface area contributed by atoms with Crippen LogP contribution in [0.3, 0.4) is 0 Å². The Bertz CT molecular complexity index is 890. The number of hydrogen-bond donors (Lipinski definition) is 1. The Labute approximate surface area is 198 Å². The van der Waals surface area contributed by atoms with Crippen molar-refractivity contribution in [3.8, 4) is 0 Å². The summed E-state index contributed by atoms with van der Waals surface area (Å²) in [5.41, 5.74) is -0.105. The van der Waals surface area contributed by atoms with E-state index in [4.69, 9.17) is 23.7 Å². The second kappa shape index (κ2) is 11.1. The fourth-order valence-electron chi connectivity index (χ4n) is 4.20. The summed E-state index contributed by atoms with van der Waals surface area (Å²) in [4.78, 5) is 52.4. The maximum absolute atomic E-state index is 12.8. The van der Waals surface area contributed by atoms with E-state index in [1.807, 2.05) is 13.8 Å². The zero-order valence-corrected chi connectivity index (χ0v) is 20.6. The Kier molecular flexibility index (Phi) is 8.96. The number of carbonyl (C=O) groups excluding carboxylic acids is 4. The molecule has 34 heavy (non-hydrogen) atoms. The van der Waals surface area contributed by atoms with Gasteiger partial charge < -0.3 is 28.8 Å². The van der Waals surface area contributed by atoms with Crippen molar-refractivity contribution in [2.45, 2.75) is 85.0 Å². The van der Waals surface area contributed by atoms with E-state index in [1.54, 1.807) is 6.92 Å². The van der Waals surface area contributed by atoms with Crippen LogP contribution in [0.15, 0.2) is 16.3 Å². The molecule has 1 N–H and O–H groups in total. The van der Waals surface area contributed by atoms with Crippen molar-refractivity contribution in [3.63, 3.8) is 0 Å². The number of aliphatic hydroxyl groups excluding tert-OH is 1. The second-order valence-corrected chi connectivity index (χ2v) is 9.20. The molecule has 11 nitrogen and oxygen atoms in total. The fourth-order valence-corrected chi connectivity index (χ4v) is 4.20. The molecule has 1 saturated heterocycles. The van der Waals surface area contributed by atoms with Gasteiger partial charge in [-0.25, -0.2) is 0 Å². The molecule has 11 heteroatoms. The van der Waals surface area contributed by atoms with Gasteiger partial charge in [-0.05, 0) is 12.3 Å². The molecule has 0 amide bonds. The fraction of sp³-hybridized carbons (Fsp3) is 0.696. The van der Waals surface area contributed by atoms with Crippen LogP contribution < -0.4 is 0 Å². The zero-order valence-electron chi connectivity index (χ0n) is 20.6. The SMILES string of the molecule is CO[C@H]1O[C@H](COC(C)=O)[C@@H](OC(C)=O)[C@H](OC(C)=O)[C@@H]1N=C(C)C1=C(O)CC(C)(C)CC1=O. The first kappa shape index (κ1) is 27.5. The molecule has 5 atom stereocenters. The number of aliphatic imine (C=N–C) groups is 1. The number of ether oxygens (including phenoxy) is 5. The molecular formula is C23H33NO10. The van der Waals surface area contributed by atoms with Crippen molar-refractivity contribution < 1.29 is 48.0 Å². The van der Waals surface area contributed by atoms with Gasteiger partial charge in [0.05, 0.1) is 5.57 Å². The maximum Gasteiger partial charge on any atom is 0.303 e. The Balaban J connectivity index is 2.52. The summed E-state index contributed by atoms with van der Waals surface area (Å²) in [5.74, 6) is -2.30. The molecule has 2 rings (SSSR count). The van der Waals surface area contributed by atoms with Gasteiger partial charge in [0.15, 0.2) is 24.3 Å². The number of Topliss-reactive ketones (excluding diaryl/α,β-unsaturated/α-hetero) is 1. The summed E-state index contributed by atoms with van der Waals surface area (Å²) in [6, 6.07) is -1.06. The van der Waals surface area contributed by atoms with E-state index in [0.29, 0.717) is 6.42 Å². The highest BCUT2D eigenvalue weighted by Gasteiger charge is 2.51. The van der Waals surface area contributed by atoms with E-state index >= 15 is 0 Å². The van der Waals surface area contributed by atoms with Gasteiger partial charge in [-0.15, -0.1) is 0 Å². The van der Waals surface area contributed by atoms with Crippen LogP contribution in [0.2, 0.25) is 0 Å². The Morgan fingerprint density at radius 3 is 2.12 bits per heavy atom. The highest BCUT2D eigenvalue weighted by molar-refractivity contribution is 6.22. The van der Waals surface area contributed by atoms with Gasteiger partial charge in [0, 0.05) is 46.4 Å². The van der Waals surface area contributed by atoms with Gasteiger partial charge in [0.1, 0.15) is 24.5 Å². The Morgan fingerprint density at radius 2 is 1.62 bits per heavy atom. The summed E-state index contributed by atoms with van der Waals surface area (Å²) < 4.78 is 27.2. The number of allylic oxidation sites excluding steroid dienone is 2. The normalized spacial score (nSPS) is 29.4. The second-order valence-electron chi connectivity index (χ2n) is 9.20. The van der Waals surface area contributed by atoms with Crippen LogP contribution in [-0.4, -0.2) is 78.9 Å². The van der Waals surface area contributed by atoms with Crippen molar-refractivity contribution in [2.24, 2.45) is 10.4 Å². The number of ketones is 1. The van der Waals surface area contributed by atoms with Crippen molar-refractivity contribution in [3.05, 3.63) is 11.3 Å². The molecule has 0 radical (unpaired) electrons. The highest BCUT2D eigenvalue weighted by Crippen LogP contribution is 2.37. The van der Waals surface area contributed by atoms with E-state index in [0.717, 1.165) is 0 Å². The van der Waals surface area contributed by atoms with E-state index in [2.05, 4.69) is 4.99 Å². The summed E-state index contributed by atoms with van der Waals surface area (Å²) in [7, 11) is 1.34. The molecule has 0 unspecified atom stereocenters. The molecule has 0 bridgehead atoms. The van der Waals surface area contributed by atoms with Crippen LogP contribution in [-0.2, 0) is 42.9 Å². The Hall–Kier alpha value is -2.79. The summed E-state index contributed by atoms with van der Waals surface area (Å²) in [6.07, 6.45) is -3.97. The zero-order chi connectivity index (χ0) is 25.8. The monoisotopic (exact) mass is 483 g/mol. The molecule has 190 valence electrons. The lowest BCUT2D eigenvalue weighted by atomic mass is 9.75. The molecule has 1 heterocycles. The van der Waals surface area contributed by atoms with Gasteiger partial charge in [-0.1, -0.05) is 13.8 Å². The van der Waals surface area contributed by atoms with Crippen LogP contribution in [0.5, 0.6) is 0 Å². The van der Waals surface area contributed by atoms with Crippen molar-refractivity contribution in [1.29, 1.82) is 0 Å². The van der Waals surface area contributed by atoms with Crippen molar-refractivity contribution >= 4 is 29.4 Å². The first-order valence-electron chi connectivity index (χ1n) is 10.9. The minimum absolute atomic E-state index is 0.0819. The van der Waals surface area contributed by atoms with Crippen LogP contribution >= 0.6 is 0 Å². The number of carbonyl (C=O) groups is 4. The molecule has 1 aliphatic heterocycles. The molecule has 1 fully saturated rings. The predicted molar refractivity (Wildman–Crippen MR) is 118 cm³/mol. The van der Waals surface area contributed by atoms with Gasteiger partial charge >= 0.3 is 17.9 Å². The van der Waals surface area contributed by atoms with Gasteiger partial charge in [0.25, 0.3) is 0 Å².